The van der Waals surface area contributed by atoms with Crippen molar-refractivity contribution in [2.24, 2.45) is 0 Å². The maximum atomic E-state index is 13.4. The van der Waals surface area contributed by atoms with Gasteiger partial charge in [-0.15, -0.1) is 0 Å². The number of carbonyl (C=O) groups is 1. The third-order valence-electron chi connectivity index (χ3n) is 8.01. The Kier molecular flexibility index (Phi) is 7.41. The average molecular weight is 489 g/mol. The first-order valence-electron chi connectivity index (χ1n) is 12.1. The first kappa shape index (κ1) is 20.7. The molecular weight excluding hydrogens is 451 g/mol. The van der Waals surface area contributed by atoms with Gasteiger partial charge in [0.25, 0.3) is 0 Å². The summed E-state index contributed by atoms with van der Waals surface area (Å²) in [6.45, 7) is 0. The molecule has 0 heterocycles. The van der Waals surface area contributed by atoms with Crippen LogP contribution >= 0.6 is 0 Å². The van der Waals surface area contributed by atoms with E-state index in [2.05, 4.69) is 0 Å². The van der Waals surface area contributed by atoms with Crippen LogP contribution in [0.3, 0.4) is 0 Å². The molecular formula is C25H38O2Sn. The molecule has 28 heavy (non-hydrogen) atoms. The number of benzene rings is 1. The molecule has 0 spiro atoms. The van der Waals surface area contributed by atoms with Crippen LogP contribution in [-0.2, 0) is 3.07 Å². The fraction of sp³-hybridized carbons (Fsp3) is 0.720. The van der Waals surface area contributed by atoms with E-state index in [1.807, 2.05) is 30.3 Å². The molecule has 3 aliphatic carbocycles. The van der Waals surface area contributed by atoms with Crippen LogP contribution in [0.15, 0.2) is 30.3 Å². The predicted molar refractivity (Wildman–Crippen MR) is 118 cm³/mol. The van der Waals surface area contributed by atoms with Crippen molar-refractivity contribution in [3.63, 3.8) is 0 Å². The molecule has 3 saturated carbocycles. The molecule has 4 rings (SSSR count). The van der Waals surface area contributed by atoms with E-state index >= 15 is 0 Å². The molecule has 0 radical (unpaired) electrons. The molecule has 3 aliphatic rings. The number of rotatable bonds is 5. The molecule has 1 aromatic rings. The van der Waals surface area contributed by atoms with Crippen molar-refractivity contribution >= 4 is 24.8 Å². The summed E-state index contributed by atoms with van der Waals surface area (Å²) >= 11 is -3.20. The van der Waals surface area contributed by atoms with Gasteiger partial charge in [0.2, 0.25) is 0 Å². The van der Waals surface area contributed by atoms with Crippen LogP contribution < -0.4 is 0 Å². The zero-order chi connectivity index (χ0) is 19.2. The van der Waals surface area contributed by atoms with E-state index in [0.29, 0.717) is 0 Å². The summed E-state index contributed by atoms with van der Waals surface area (Å²) in [6.07, 6.45) is 20.5. The van der Waals surface area contributed by atoms with Crippen LogP contribution in [0.5, 0.6) is 0 Å². The Hall–Kier alpha value is -0.511. The summed E-state index contributed by atoms with van der Waals surface area (Å²) in [5, 5.41) is 0. The van der Waals surface area contributed by atoms with Gasteiger partial charge in [0, 0.05) is 0 Å². The molecule has 2 nitrogen and oxygen atoms in total. The summed E-state index contributed by atoms with van der Waals surface area (Å²) in [4.78, 5) is 13.4. The van der Waals surface area contributed by atoms with Crippen molar-refractivity contribution in [1.82, 2.24) is 0 Å². The van der Waals surface area contributed by atoms with Crippen molar-refractivity contribution < 1.29 is 7.87 Å². The standard InChI is InChI=1S/C7H6O2.3C6H11.Sn/c8-7(9)6-4-2-1-3-5-6;3*1-2-4-6-5-3-1;/h1-5H,(H,8,9);3*1H,2-6H2;/q;;;;+1/p-1. The fourth-order valence-corrected chi connectivity index (χ4v) is 26.3. The van der Waals surface area contributed by atoms with Gasteiger partial charge in [0.05, 0.1) is 0 Å². The van der Waals surface area contributed by atoms with E-state index in [0.717, 1.165) is 17.4 Å². The van der Waals surface area contributed by atoms with Crippen molar-refractivity contribution in [2.45, 2.75) is 108 Å². The van der Waals surface area contributed by atoms with E-state index in [9.17, 15) is 4.79 Å². The zero-order valence-corrected chi connectivity index (χ0v) is 20.4. The minimum atomic E-state index is -3.20. The summed E-state index contributed by atoms with van der Waals surface area (Å²) in [5.74, 6) is 0.0260. The monoisotopic (exact) mass is 490 g/mol. The van der Waals surface area contributed by atoms with E-state index < -0.39 is 18.8 Å². The molecule has 0 aliphatic heterocycles. The van der Waals surface area contributed by atoms with Crippen LogP contribution in [0.4, 0.5) is 0 Å². The molecule has 0 unspecified atom stereocenters. The van der Waals surface area contributed by atoms with Gasteiger partial charge >= 0.3 is 177 Å². The molecule has 0 amide bonds. The molecule has 0 aromatic heterocycles. The number of hydrogen-bond acceptors (Lipinski definition) is 2. The summed E-state index contributed by atoms with van der Waals surface area (Å²) in [5.41, 5.74) is 0.783. The average Bonchev–Trinajstić information content (AvgIpc) is 2.80. The molecule has 0 N–H and O–H groups in total. The first-order chi connectivity index (χ1) is 13.8. The predicted octanol–water partition coefficient (Wildman–Crippen LogP) is 7.79. The molecule has 1 aromatic carbocycles. The van der Waals surface area contributed by atoms with E-state index in [4.69, 9.17) is 3.07 Å². The second-order valence-corrected chi connectivity index (χ2v) is 22.1. The van der Waals surface area contributed by atoms with Gasteiger partial charge in [-0.1, -0.05) is 0 Å². The van der Waals surface area contributed by atoms with Gasteiger partial charge in [-0.3, -0.25) is 0 Å². The topological polar surface area (TPSA) is 26.3 Å². The van der Waals surface area contributed by atoms with E-state index in [1.165, 1.54) is 96.3 Å². The van der Waals surface area contributed by atoms with Gasteiger partial charge in [0.15, 0.2) is 0 Å². The van der Waals surface area contributed by atoms with E-state index in [-0.39, 0.29) is 5.97 Å². The Balaban J connectivity index is 1.70. The van der Waals surface area contributed by atoms with Gasteiger partial charge in [-0.2, -0.15) is 0 Å². The van der Waals surface area contributed by atoms with Crippen molar-refractivity contribution in [3.8, 4) is 0 Å². The summed E-state index contributed by atoms with van der Waals surface area (Å²) < 4.78 is 9.35. The van der Waals surface area contributed by atoms with Crippen LogP contribution in [0.25, 0.3) is 0 Å². The normalized spacial score (nSPS) is 23.4. The Morgan fingerprint density at radius 1 is 0.643 bits per heavy atom. The molecule has 3 heteroatoms. The van der Waals surface area contributed by atoms with Crippen molar-refractivity contribution in [1.29, 1.82) is 0 Å². The Morgan fingerprint density at radius 3 is 1.43 bits per heavy atom. The Labute approximate surface area is 176 Å². The SMILES string of the molecule is O=C([O][Sn]([CH]1CCCCC1)([CH]1CCCCC1)[CH]1CCCCC1)c1ccccc1. The maximum absolute atomic E-state index is 13.4. The van der Waals surface area contributed by atoms with Gasteiger partial charge < -0.3 is 0 Å². The third kappa shape index (κ3) is 4.47. The number of hydrogen-bond donors (Lipinski definition) is 0. The van der Waals surface area contributed by atoms with Crippen molar-refractivity contribution in [3.05, 3.63) is 35.9 Å². The number of carbonyl (C=O) groups excluding carboxylic acids is 1. The van der Waals surface area contributed by atoms with Crippen LogP contribution in [0.1, 0.15) is 107 Å². The van der Waals surface area contributed by atoms with Crippen LogP contribution in [0, 0.1) is 0 Å². The quantitative estimate of drug-likeness (QED) is 0.395. The Morgan fingerprint density at radius 2 is 1.04 bits per heavy atom. The molecule has 154 valence electrons. The van der Waals surface area contributed by atoms with Crippen LogP contribution in [-0.4, -0.2) is 24.8 Å². The summed E-state index contributed by atoms with van der Waals surface area (Å²) in [7, 11) is 0. The molecule has 0 saturated heterocycles. The zero-order valence-electron chi connectivity index (χ0n) is 17.5. The second-order valence-electron chi connectivity index (χ2n) is 9.61. The Bertz CT molecular complexity index is 565. The van der Waals surface area contributed by atoms with Gasteiger partial charge in [-0.05, 0) is 0 Å². The van der Waals surface area contributed by atoms with E-state index in [1.54, 1.807) is 0 Å². The fourth-order valence-electron chi connectivity index (χ4n) is 6.71. The van der Waals surface area contributed by atoms with Gasteiger partial charge in [-0.25, -0.2) is 0 Å². The minimum absolute atomic E-state index is 0.0260. The first-order valence-corrected chi connectivity index (χ1v) is 18.2. The van der Waals surface area contributed by atoms with Crippen molar-refractivity contribution in [2.75, 3.05) is 0 Å². The molecule has 0 atom stereocenters. The second kappa shape index (κ2) is 10.00. The third-order valence-corrected chi connectivity index (χ3v) is 25.4. The molecule has 3 fully saturated rings. The molecule has 0 bridgehead atoms. The van der Waals surface area contributed by atoms with Gasteiger partial charge in [0.1, 0.15) is 0 Å². The van der Waals surface area contributed by atoms with Crippen LogP contribution in [0.2, 0.25) is 11.8 Å². The summed E-state index contributed by atoms with van der Waals surface area (Å²) in [6, 6.07) is 9.88.